The van der Waals surface area contributed by atoms with Gasteiger partial charge in [-0.3, -0.25) is 4.79 Å². The van der Waals surface area contributed by atoms with Crippen molar-refractivity contribution in [2.75, 3.05) is 0 Å². The van der Waals surface area contributed by atoms with Crippen LogP contribution < -0.4 is 5.56 Å². The van der Waals surface area contributed by atoms with Crippen molar-refractivity contribution in [3.63, 3.8) is 0 Å². The second kappa shape index (κ2) is 8.28. The SMILES string of the molecule is CCCCn1nc(C(=O)OCc2ccccc2C#N)c2ccccc2c1=O. The highest BCUT2D eigenvalue weighted by Crippen LogP contribution is 2.16. The van der Waals surface area contributed by atoms with E-state index in [1.54, 1.807) is 48.5 Å². The highest BCUT2D eigenvalue weighted by atomic mass is 16.5. The molecule has 0 fully saturated rings. The molecule has 0 N–H and O–H groups in total. The number of fused-ring (bicyclic) bond motifs is 1. The standard InChI is InChI=1S/C21H19N3O3/c1-2-3-12-24-20(25)18-11-7-6-10-17(18)19(23-24)21(26)27-14-16-9-5-4-8-15(16)13-22/h4-11H,2-3,12,14H2,1H3. The van der Waals surface area contributed by atoms with Crippen molar-refractivity contribution in [2.45, 2.75) is 32.9 Å². The van der Waals surface area contributed by atoms with Gasteiger partial charge in [-0.25, -0.2) is 9.48 Å². The van der Waals surface area contributed by atoms with Crippen LogP contribution in [0.4, 0.5) is 0 Å². The van der Waals surface area contributed by atoms with Crippen molar-refractivity contribution < 1.29 is 9.53 Å². The van der Waals surface area contributed by atoms with Crippen LogP contribution in [0.1, 0.15) is 41.4 Å². The van der Waals surface area contributed by atoms with Gasteiger partial charge in [0, 0.05) is 17.5 Å². The summed E-state index contributed by atoms with van der Waals surface area (Å²) in [6.07, 6.45) is 1.70. The van der Waals surface area contributed by atoms with Gasteiger partial charge in [-0.1, -0.05) is 49.7 Å². The molecule has 0 aliphatic heterocycles. The number of aryl methyl sites for hydroxylation is 1. The molecule has 0 aliphatic rings. The number of rotatable bonds is 6. The van der Waals surface area contributed by atoms with Crippen molar-refractivity contribution in [1.82, 2.24) is 9.78 Å². The molecular formula is C21H19N3O3. The van der Waals surface area contributed by atoms with Gasteiger partial charge in [0.1, 0.15) is 6.61 Å². The van der Waals surface area contributed by atoms with Gasteiger partial charge in [0.2, 0.25) is 0 Å². The minimum Gasteiger partial charge on any atom is -0.456 e. The average Bonchev–Trinajstić information content (AvgIpc) is 2.72. The van der Waals surface area contributed by atoms with E-state index < -0.39 is 5.97 Å². The quantitative estimate of drug-likeness (QED) is 0.628. The number of esters is 1. The van der Waals surface area contributed by atoms with Gasteiger partial charge in [-0.2, -0.15) is 10.4 Å². The zero-order chi connectivity index (χ0) is 19.2. The molecule has 27 heavy (non-hydrogen) atoms. The molecule has 1 heterocycles. The molecule has 1 aromatic heterocycles. The maximum atomic E-state index is 12.7. The molecule has 0 bridgehead atoms. The Labute approximate surface area is 156 Å². The van der Waals surface area contributed by atoms with Crippen molar-refractivity contribution in [2.24, 2.45) is 0 Å². The first-order valence-corrected chi connectivity index (χ1v) is 8.80. The number of ether oxygens (including phenoxy) is 1. The maximum absolute atomic E-state index is 12.7. The first kappa shape index (κ1) is 18.3. The van der Waals surface area contributed by atoms with E-state index in [4.69, 9.17) is 10.00 Å². The molecule has 0 unspecified atom stereocenters. The Morgan fingerprint density at radius 2 is 1.85 bits per heavy atom. The summed E-state index contributed by atoms with van der Waals surface area (Å²) in [6, 6.07) is 15.9. The fourth-order valence-corrected chi connectivity index (χ4v) is 2.81. The van der Waals surface area contributed by atoms with E-state index in [9.17, 15) is 9.59 Å². The highest BCUT2D eigenvalue weighted by molar-refractivity contribution is 6.02. The second-order valence-corrected chi connectivity index (χ2v) is 6.12. The van der Waals surface area contributed by atoms with Crippen LogP contribution in [0.15, 0.2) is 53.3 Å². The highest BCUT2D eigenvalue weighted by Gasteiger charge is 2.18. The molecule has 136 valence electrons. The predicted octanol–water partition coefficient (Wildman–Crippen LogP) is 3.43. The Morgan fingerprint density at radius 1 is 1.15 bits per heavy atom. The van der Waals surface area contributed by atoms with Crippen LogP contribution in [0, 0.1) is 11.3 Å². The van der Waals surface area contributed by atoms with Gasteiger partial charge in [-0.15, -0.1) is 0 Å². The number of aromatic nitrogens is 2. The number of carbonyl (C=O) groups excluding carboxylic acids is 1. The van der Waals surface area contributed by atoms with Gasteiger partial charge in [0.25, 0.3) is 5.56 Å². The Balaban J connectivity index is 1.95. The minimum absolute atomic E-state index is 0.0351. The first-order chi connectivity index (χ1) is 13.2. The fraction of sp³-hybridized carbons (Fsp3) is 0.238. The molecule has 3 rings (SSSR count). The van der Waals surface area contributed by atoms with Gasteiger partial charge >= 0.3 is 5.97 Å². The van der Waals surface area contributed by atoms with E-state index in [0.717, 1.165) is 12.8 Å². The third-order valence-corrected chi connectivity index (χ3v) is 4.28. The second-order valence-electron chi connectivity index (χ2n) is 6.12. The maximum Gasteiger partial charge on any atom is 0.359 e. The Hall–Kier alpha value is -3.46. The summed E-state index contributed by atoms with van der Waals surface area (Å²) < 4.78 is 6.72. The molecule has 6 nitrogen and oxygen atoms in total. The van der Waals surface area contributed by atoms with Crippen LogP contribution in [0.5, 0.6) is 0 Å². The van der Waals surface area contributed by atoms with E-state index in [1.807, 2.05) is 6.92 Å². The van der Waals surface area contributed by atoms with Gasteiger partial charge in [0.05, 0.1) is 17.0 Å². The molecule has 0 spiro atoms. The summed E-state index contributed by atoms with van der Waals surface area (Å²) in [7, 11) is 0. The Bertz CT molecular complexity index is 1080. The van der Waals surface area contributed by atoms with Gasteiger partial charge < -0.3 is 4.74 Å². The summed E-state index contributed by atoms with van der Waals surface area (Å²) >= 11 is 0. The van der Waals surface area contributed by atoms with E-state index in [1.165, 1.54) is 4.68 Å². The lowest BCUT2D eigenvalue weighted by Crippen LogP contribution is -2.26. The van der Waals surface area contributed by atoms with Crippen LogP contribution >= 0.6 is 0 Å². The third kappa shape index (κ3) is 3.87. The van der Waals surface area contributed by atoms with Crippen LogP contribution in [-0.4, -0.2) is 15.7 Å². The summed E-state index contributed by atoms with van der Waals surface area (Å²) in [4.78, 5) is 25.3. The molecule has 0 saturated heterocycles. The number of hydrogen-bond acceptors (Lipinski definition) is 5. The molecule has 0 radical (unpaired) electrons. The zero-order valence-electron chi connectivity index (χ0n) is 15.0. The number of benzene rings is 2. The van der Waals surface area contributed by atoms with Crippen molar-refractivity contribution in [3.8, 4) is 6.07 Å². The normalized spacial score (nSPS) is 10.5. The Morgan fingerprint density at radius 3 is 2.59 bits per heavy atom. The first-order valence-electron chi connectivity index (χ1n) is 8.80. The molecule has 0 atom stereocenters. The number of unbranched alkanes of at least 4 members (excludes halogenated alkanes) is 1. The number of carbonyl (C=O) groups is 1. The zero-order valence-corrected chi connectivity index (χ0v) is 15.0. The number of nitrogens with zero attached hydrogens (tertiary/aromatic N) is 3. The number of nitriles is 1. The van der Waals surface area contributed by atoms with E-state index in [-0.39, 0.29) is 17.9 Å². The summed E-state index contributed by atoms with van der Waals surface area (Å²) in [5.74, 6) is -0.621. The largest absolute Gasteiger partial charge is 0.456 e. The van der Waals surface area contributed by atoms with Gasteiger partial charge in [0.15, 0.2) is 5.69 Å². The molecular weight excluding hydrogens is 342 g/mol. The van der Waals surface area contributed by atoms with E-state index >= 15 is 0 Å². The summed E-state index contributed by atoms with van der Waals surface area (Å²) in [5, 5.41) is 14.3. The van der Waals surface area contributed by atoms with Gasteiger partial charge in [-0.05, 0) is 18.6 Å². The molecule has 0 aliphatic carbocycles. The molecule has 3 aromatic rings. The lowest BCUT2D eigenvalue weighted by Gasteiger charge is -2.11. The lowest BCUT2D eigenvalue weighted by molar-refractivity contribution is 0.0465. The predicted molar refractivity (Wildman–Crippen MR) is 101 cm³/mol. The van der Waals surface area contributed by atoms with Crippen molar-refractivity contribution >= 4 is 16.7 Å². The van der Waals surface area contributed by atoms with E-state index in [2.05, 4.69) is 11.2 Å². The third-order valence-electron chi connectivity index (χ3n) is 4.28. The van der Waals surface area contributed by atoms with Crippen LogP contribution in [0.2, 0.25) is 0 Å². The van der Waals surface area contributed by atoms with Crippen LogP contribution in [0.3, 0.4) is 0 Å². The number of hydrogen-bond donors (Lipinski definition) is 0. The molecule has 2 aromatic carbocycles. The van der Waals surface area contributed by atoms with Crippen molar-refractivity contribution in [1.29, 1.82) is 5.26 Å². The molecule has 0 saturated carbocycles. The minimum atomic E-state index is -0.621. The average molecular weight is 361 g/mol. The smallest absolute Gasteiger partial charge is 0.359 e. The summed E-state index contributed by atoms with van der Waals surface area (Å²) in [6.45, 7) is 2.43. The monoisotopic (exact) mass is 361 g/mol. The lowest BCUT2D eigenvalue weighted by atomic mass is 10.1. The Kier molecular flexibility index (Phi) is 5.62. The summed E-state index contributed by atoms with van der Waals surface area (Å²) in [5.41, 5.74) is 0.967. The molecule has 0 amide bonds. The van der Waals surface area contributed by atoms with Crippen LogP contribution in [0.25, 0.3) is 10.8 Å². The topological polar surface area (TPSA) is 85.0 Å². The molecule has 6 heteroatoms. The van der Waals surface area contributed by atoms with E-state index in [0.29, 0.717) is 28.4 Å². The van der Waals surface area contributed by atoms with Crippen molar-refractivity contribution in [3.05, 3.63) is 75.7 Å². The fourth-order valence-electron chi connectivity index (χ4n) is 2.81. The van der Waals surface area contributed by atoms with Crippen LogP contribution in [-0.2, 0) is 17.9 Å².